The fourth-order valence-corrected chi connectivity index (χ4v) is 1.89. The highest BCUT2D eigenvalue weighted by Gasteiger charge is 2.11. The van der Waals surface area contributed by atoms with Gasteiger partial charge in [0.15, 0.2) is 0 Å². The van der Waals surface area contributed by atoms with Crippen LogP contribution in [0.5, 0.6) is 0 Å². The first kappa shape index (κ1) is 15.0. The van der Waals surface area contributed by atoms with Crippen molar-refractivity contribution >= 4 is 17.5 Å². The predicted octanol–water partition coefficient (Wildman–Crippen LogP) is 2.37. The van der Waals surface area contributed by atoms with Crippen molar-refractivity contribution in [2.45, 2.75) is 33.1 Å². The molecule has 1 aromatic heterocycles. The van der Waals surface area contributed by atoms with Gasteiger partial charge in [-0.05, 0) is 31.2 Å². The first-order chi connectivity index (χ1) is 8.58. The third-order valence-electron chi connectivity index (χ3n) is 2.95. The lowest BCUT2D eigenvalue weighted by Gasteiger charge is -2.08. The van der Waals surface area contributed by atoms with Gasteiger partial charge in [0, 0.05) is 19.5 Å². The van der Waals surface area contributed by atoms with Crippen molar-refractivity contribution < 1.29 is 4.79 Å². The Labute approximate surface area is 114 Å². The molecule has 102 valence electrons. The van der Waals surface area contributed by atoms with Gasteiger partial charge >= 0.3 is 0 Å². The Bertz CT molecular complexity index is 390. The molecular formula is C13H22ClN3O. The molecule has 0 aliphatic heterocycles. The maximum atomic E-state index is 11.9. The molecule has 0 bridgehead atoms. The van der Waals surface area contributed by atoms with E-state index in [1.165, 1.54) is 0 Å². The van der Waals surface area contributed by atoms with Gasteiger partial charge in [0.1, 0.15) is 5.69 Å². The van der Waals surface area contributed by atoms with Gasteiger partial charge < -0.3 is 5.32 Å². The second-order valence-corrected chi connectivity index (χ2v) is 4.96. The summed E-state index contributed by atoms with van der Waals surface area (Å²) in [6, 6.07) is 1.84. The molecule has 5 heteroatoms. The summed E-state index contributed by atoms with van der Waals surface area (Å²) >= 11 is 5.73. The van der Waals surface area contributed by atoms with Crippen LogP contribution in [0.15, 0.2) is 6.07 Å². The van der Waals surface area contributed by atoms with E-state index in [9.17, 15) is 4.79 Å². The molecule has 0 aliphatic carbocycles. The van der Waals surface area contributed by atoms with Crippen molar-refractivity contribution in [3.8, 4) is 0 Å². The number of carbonyl (C=O) groups excluding carboxylic acids is 1. The maximum absolute atomic E-state index is 11.9. The van der Waals surface area contributed by atoms with Crippen LogP contribution in [0, 0.1) is 5.92 Å². The van der Waals surface area contributed by atoms with Crippen molar-refractivity contribution in [3.63, 3.8) is 0 Å². The molecule has 1 heterocycles. The molecule has 0 aromatic carbocycles. The van der Waals surface area contributed by atoms with E-state index in [-0.39, 0.29) is 5.91 Å². The third kappa shape index (κ3) is 4.33. The van der Waals surface area contributed by atoms with Gasteiger partial charge in [0.25, 0.3) is 5.91 Å². The van der Waals surface area contributed by atoms with Gasteiger partial charge in [0.2, 0.25) is 0 Å². The summed E-state index contributed by atoms with van der Waals surface area (Å²) < 4.78 is 1.63. The number of nitrogens with zero attached hydrogens (tertiary/aromatic N) is 2. The summed E-state index contributed by atoms with van der Waals surface area (Å²) in [5.74, 6) is 1.13. The second-order valence-electron chi connectivity index (χ2n) is 4.66. The number of aryl methyl sites for hydroxylation is 2. The third-order valence-corrected chi connectivity index (χ3v) is 3.47. The summed E-state index contributed by atoms with van der Waals surface area (Å²) in [7, 11) is 1.80. The zero-order chi connectivity index (χ0) is 13.5. The fourth-order valence-electron chi connectivity index (χ4n) is 1.73. The van der Waals surface area contributed by atoms with Gasteiger partial charge in [-0.15, -0.1) is 11.6 Å². The van der Waals surface area contributed by atoms with Crippen LogP contribution in [0.4, 0.5) is 0 Å². The highest BCUT2D eigenvalue weighted by molar-refractivity contribution is 6.18. The maximum Gasteiger partial charge on any atom is 0.269 e. The van der Waals surface area contributed by atoms with E-state index in [4.69, 9.17) is 11.6 Å². The van der Waals surface area contributed by atoms with Crippen LogP contribution in [-0.2, 0) is 13.5 Å². The second kappa shape index (κ2) is 7.41. The first-order valence-corrected chi connectivity index (χ1v) is 6.99. The molecule has 1 amide bonds. The molecule has 18 heavy (non-hydrogen) atoms. The number of hydrogen-bond donors (Lipinski definition) is 1. The van der Waals surface area contributed by atoms with Gasteiger partial charge in [0.05, 0.1) is 5.69 Å². The lowest BCUT2D eigenvalue weighted by molar-refractivity contribution is 0.0943. The molecule has 0 radical (unpaired) electrons. The molecule has 0 fully saturated rings. The van der Waals surface area contributed by atoms with Crippen LogP contribution in [-0.4, -0.2) is 28.1 Å². The van der Waals surface area contributed by atoms with E-state index in [1.54, 1.807) is 11.7 Å². The topological polar surface area (TPSA) is 46.9 Å². The average molecular weight is 272 g/mol. The first-order valence-electron chi connectivity index (χ1n) is 6.45. The highest BCUT2D eigenvalue weighted by atomic mass is 35.5. The zero-order valence-electron chi connectivity index (χ0n) is 11.4. The molecule has 0 aliphatic rings. The number of alkyl halides is 1. The Balaban J connectivity index is 2.38. The standard InChI is InChI=1S/C13H22ClN3O/c1-4-11-8-12(17(3)16-11)13(18)15-7-5-6-10(2)9-14/h8,10H,4-7,9H2,1-3H3,(H,15,18). The summed E-state index contributed by atoms with van der Waals surface area (Å²) in [6.07, 6.45) is 2.84. The van der Waals surface area contributed by atoms with E-state index >= 15 is 0 Å². The smallest absolute Gasteiger partial charge is 0.269 e. The number of hydrogen-bond acceptors (Lipinski definition) is 2. The predicted molar refractivity (Wildman–Crippen MR) is 74.0 cm³/mol. The lowest BCUT2D eigenvalue weighted by atomic mass is 10.1. The van der Waals surface area contributed by atoms with E-state index in [1.807, 2.05) is 13.0 Å². The molecule has 1 N–H and O–H groups in total. The number of rotatable bonds is 7. The van der Waals surface area contributed by atoms with Crippen molar-refractivity contribution in [1.82, 2.24) is 15.1 Å². The minimum atomic E-state index is -0.0526. The molecule has 1 rings (SSSR count). The summed E-state index contributed by atoms with van der Waals surface area (Å²) in [5, 5.41) is 7.17. The van der Waals surface area contributed by atoms with Gasteiger partial charge in [-0.3, -0.25) is 9.48 Å². The highest BCUT2D eigenvalue weighted by Crippen LogP contribution is 2.07. The monoisotopic (exact) mass is 271 g/mol. The Morgan fingerprint density at radius 3 is 2.89 bits per heavy atom. The van der Waals surface area contributed by atoms with E-state index in [0.29, 0.717) is 24.0 Å². The minimum Gasteiger partial charge on any atom is -0.351 e. The molecule has 0 spiro atoms. The molecule has 4 nitrogen and oxygen atoms in total. The SMILES string of the molecule is CCc1cc(C(=O)NCCCC(C)CCl)n(C)n1. The zero-order valence-corrected chi connectivity index (χ0v) is 12.1. The van der Waals surface area contributed by atoms with Crippen LogP contribution in [0.3, 0.4) is 0 Å². The molecule has 1 unspecified atom stereocenters. The Kier molecular flexibility index (Phi) is 6.19. The van der Waals surface area contributed by atoms with Crippen molar-refractivity contribution in [2.75, 3.05) is 12.4 Å². The van der Waals surface area contributed by atoms with Crippen LogP contribution in [0.25, 0.3) is 0 Å². The van der Waals surface area contributed by atoms with Gasteiger partial charge in [-0.25, -0.2) is 0 Å². The number of carbonyl (C=O) groups is 1. The quantitative estimate of drug-likeness (QED) is 0.611. The van der Waals surface area contributed by atoms with Crippen LogP contribution < -0.4 is 5.32 Å². The number of halogens is 1. The fraction of sp³-hybridized carbons (Fsp3) is 0.692. The summed E-state index contributed by atoms with van der Waals surface area (Å²) in [6.45, 7) is 4.83. The van der Waals surface area contributed by atoms with E-state index in [0.717, 1.165) is 25.0 Å². The minimum absolute atomic E-state index is 0.0526. The normalized spacial score (nSPS) is 12.4. The summed E-state index contributed by atoms with van der Waals surface area (Å²) in [5.41, 5.74) is 1.57. The van der Waals surface area contributed by atoms with Gasteiger partial charge in [-0.2, -0.15) is 5.10 Å². The molecule has 0 saturated heterocycles. The van der Waals surface area contributed by atoms with Crippen molar-refractivity contribution in [1.29, 1.82) is 0 Å². The van der Waals surface area contributed by atoms with Gasteiger partial charge in [-0.1, -0.05) is 13.8 Å². The van der Waals surface area contributed by atoms with Crippen molar-refractivity contribution in [2.24, 2.45) is 13.0 Å². The number of nitrogens with one attached hydrogen (secondary N) is 1. The Morgan fingerprint density at radius 1 is 1.61 bits per heavy atom. The van der Waals surface area contributed by atoms with Crippen LogP contribution in [0.2, 0.25) is 0 Å². The van der Waals surface area contributed by atoms with Crippen LogP contribution in [0.1, 0.15) is 42.9 Å². The lowest BCUT2D eigenvalue weighted by Crippen LogP contribution is -2.26. The van der Waals surface area contributed by atoms with Crippen LogP contribution >= 0.6 is 11.6 Å². The number of aromatic nitrogens is 2. The summed E-state index contributed by atoms with van der Waals surface area (Å²) in [4.78, 5) is 11.9. The van der Waals surface area contributed by atoms with E-state index < -0.39 is 0 Å². The van der Waals surface area contributed by atoms with E-state index in [2.05, 4.69) is 17.3 Å². The average Bonchev–Trinajstić information content (AvgIpc) is 2.75. The molecule has 1 aromatic rings. The Morgan fingerprint density at radius 2 is 2.33 bits per heavy atom. The van der Waals surface area contributed by atoms with Crippen molar-refractivity contribution in [3.05, 3.63) is 17.5 Å². The Hall–Kier alpha value is -1.03. The molecule has 1 atom stereocenters. The molecule has 0 saturated carbocycles. The molecular weight excluding hydrogens is 250 g/mol. The largest absolute Gasteiger partial charge is 0.351 e. The number of amides is 1.